The standard InChI is InChI=1S/C17H26N2O2/c1-5-16(20)19(14(4)17(21)18-13(2)3)12-11-15-9-7-6-8-10-15/h6-10,13-14H,5,11-12H2,1-4H3,(H,18,21)/t14-/m1/s1. The number of carbonyl (C=O) groups is 2. The summed E-state index contributed by atoms with van der Waals surface area (Å²) in [6.07, 6.45) is 1.17. The van der Waals surface area contributed by atoms with Crippen LogP contribution in [0.25, 0.3) is 0 Å². The van der Waals surface area contributed by atoms with E-state index in [0.717, 1.165) is 6.42 Å². The largest absolute Gasteiger partial charge is 0.352 e. The van der Waals surface area contributed by atoms with Crippen molar-refractivity contribution in [3.63, 3.8) is 0 Å². The van der Waals surface area contributed by atoms with Crippen molar-refractivity contribution in [2.24, 2.45) is 0 Å². The lowest BCUT2D eigenvalue weighted by atomic mass is 10.1. The highest BCUT2D eigenvalue weighted by molar-refractivity contribution is 5.87. The van der Waals surface area contributed by atoms with Gasteiger partial charge >= 0.3 is 0 Å². The Bertz CT molecular complexity index is 457. The van der Waals surface area contributed by atoms with E-state index in [-0.39, 0.29) is 17.9 Å². The van der Waals surface area contributed by atoms with Gasteiger partial charge in [0.25, 0.3) is 0 Å². The molecule has 0 unspecified atom stereocenters. The molecule has 0 aromatic heterocycles. The van der Waals surface area contributed by atoms with Crippen molar-refractivity contribution in [2.75, 3.05) is 6.54 Å². The summed E-state index contributed by atoms with van der Waals surface area (Å²) in [7, 11) is 0. The van der Waals surface area contributed by atoms with Crippen LogP contribution < -0.4 is 5.32 Å². The van der Waals surface area contributed by atoms with Crippen LogP contribution in [0.3, 0.4) is 0 Å². The zero-order valence-corrected chi connectivity index (χ0v) is 13.4. The highest BCUT2D eigenvalue weighted by atomic mass is 16.2. The van der Waals surface area contributed by atoms with E-state index in [1.54, 1.807) is 11.8 Å². The molecule has 1 aromatic rings. The number of rotatable bonds is 7. The Labute approximate surface area is 127 Å². The molecule has 0 spiro atoms. The fraction of sp³-hybridized carbons (Fsp3) is 0.529. The monoisotopic (exact) mass is 290 g/mol. The van der Waals surface area contributed by atoms with Crippen LogP contribution in [0.2, 0.25) is 0 Å². The predicted molar refractivity (Wildman–Crippen MR) is 84.9 cm³/mol. The lowest BCUT2D eigenvalue weighted by molar-refractivity contribution is -0.139. The number of hydrogen-bond acceptors (Lipinski definition) is 2. The maximum atomic E-state index is 12.1. The average Bonchev–Trinajstić information content (AvgIpc) is 2.47. The van der Waals surface area contributed by atoms with Gasteiger partial charge in [-0.2, -0.15) is 0 Å². The minimum Gasteiger partial charge on any atom is -0.352 e. The molecule has 21 heavy (non-hydrogen) atoms. The fourth-order valence-electron chi connectivity index (χ4n) is 2.18. The molecule has 0 aliphatic carbocycles. The van der Waals surface area contributed by atoms with E-state index >= 15 is 0 Å². The molecule has 0 fully saturated rings. The van der Waals surface area contributed by atoms with E-state index in [4.69, 9.17) is 0 Å². The highest BCUT2D eigenvalue weighted by Gasteiger charge is 2.24. The van der Waals surface area contributed by atoms with Gasteiger partial charge in [0, 0.05) is 19.0 Å². The molecule has 0 radical (unpaired) electrons. The fourth-order valence-corrected chi connectivity index (χ4v) is 2.18. The van der Waals surface area contributed by atoms with Crippen LogP contribution in [-0.4, -0.2) is 35.3 Å². The summed E-state index contributed by atoms with van der Waals surface area (Å²) < 4.78 is 0. The normalized spacial score (nSPS) is 12.0. The average molecular weight is 290 g/mol. The smallest absolute Gasteiger partial charge is 0.242 e. The molecule has 0 saturated carbocycles. The zero-order chi connectivity index (χ0) is 15.8. The Morgan fingerprint density at radius 3 is 2.29 bits per heavy atom. The predicted octanol–water partition coefficient (Wildman–Crippen LogP) is 2.38. The summed E-state index contributed by atoms with van der Waals surface area (Å²) in [5, 5.41) is 2.87. The Morgan fingerprint density at radius 1 is 1.14 bits per heavy atom. The van der Waals surface area contributed by atoms with Crippen LogP contribution in [0.5, 0.6) is 0 Å². The molecule has 4 heteroatoms. The molecule has 0 heterocycles. The van der Waals surface area contributed by atoms with E-state index in [2.05, 4.69) is 5.32 Å². The molecule has 116 valence electrons. The van der Waals surface area contributed by atoms with Gasteiger partial charge in [-0.05, 0) is 32.8 Å². The van der Waals surface area contributed by atoms with E-state index in [0.29, 0.717) is 13.0 Å². The summed E-state index contributed by atoms with van der Waals surface area (Å²) in [4.78, 5) is 25.9. The second kappa shape index (κ2) is 8.45. The molecular weight excluding hydrogens is 264 g/mol. The molecule has 0 saturated heterocycles. The highest BCUT2D eigenvalue weighted by Crippen LogP contribution is 2.07. The Hall–Kier alpha value is -1.84. The second-order valence-electron chi connectivity index (χ2n) is 5.52. The quantitative estimate of drug-likeness (QED) is 0.838. The van der Waals surface area contributed by atoms with Gasteiger partial charge in [0.15, 0.2) is 0 Å². The molecule has 0 bridgehead atoms. The van der Waals surface area contributed by atoms with Gasteiger partial charge in [0.05, 0.1) is 0 Å². The van der Waals surface area contributed by atoms with Crippen molar-refractivity contribution in [3.8, 4) is 0 Å². The van der Waals surface area contributed by atoms with Crippen LogP contribution in [0.15, 0.2) is 30.3 Å². The molecule has 4 nitrogen and oxygen atoms in total. The summed E-state index contributed by atoms with van der Waals surface area (Å²) in [5.74, 6) is -0.0859. The van der Waals surface area contributed by atoms with E-state index in [1.807, 2.05) is 51.1 Å². The molecule has 0 aliphatic heterocycles. The third-order valence-electron chi connectivity index (χ3n) is 3.38. The first-order chi connectivity index (χ1) is 9.95. The van der Waals surface area contributed by atoms with Crippen LogP contribution in [0.4, 0.5) is 0 Å². The van der Waals surface area contributed by atoms with Crippen LogP contribution in [0.1, 0.15) is 39.7 Å². The van der Waals surface area contributed by atoms with Crippen LogP contribution in [-0.2, 0) is 16.0 Å². The summed E-state index contributed by atoms with van der Waals surface area (Å²) in [6, 6.07) is 9.64. The Balaban J connectivity index is 2.71. The molecule has 0 aliphatic rings. The molecular formula is C17H26N2O2. The molecule has 1 aromatic carbocycles. The number of benzene rings is 1. The first-order valence-corrected chi connectivity index (χ1v) is 7.59. The molecule has 1 atom stereocenters. The Kier molecular flexibility index (Phi) is 6.92. The number of amides is 2. The Morgan fingerprint density at radius 2 is 1.76 bits per heavy atom. The lowest BCUT2D eigenvalue weighted by Crippen LogP contribution is -2.50. The van der Waals surface area contributed by atoms with Crippen molar-refractivity contribution in [1.82, 2.24) is 10.2 Å². The first-order valence-electron chi connectivity index (χ1n) is 7.59. The third-order valence-corrected chi connectivity index (χ3v) is 3.38. The van der Waals surface area contributed by atoms with Crippen molar-refractivity contribution in [1.29, 1.82) is 0 Å². The van der Waals surface area contributed by atoms with Crippen molar-refractivity contribution < 1.29 is 9.59 Å². The van der Waals surface area contributed by atoms with Crippen molar-refractivity contribution in [2.45, 2.75) is 52.6 Å². The lowest BCUT2D eigenvalue weighted by Gasteiger charge is -2.29. The molecule has 1 N–H and O–H groups in total. The van der Waals surface area contributed by atoms with Crippen LogP contribution >= 0.6 is 0 Å². The zero-order valence-electron chi connectivity index (χ0n) is 13.4. The number of nitrogens with one attached hydrogen (secondary N) is 1. The van der Waals surface area contributed by atoms with Gasteiger partial charge in [-0.15, -0.1) is 0 Å². The first kappa shape index (κ1) is 17.2. The SMILES string of the molecule is CCC(=O)N(CCc1ccccc1)[C@H](C)C(=O)NC(C)C. The summed E-state index contributed by atoms with van der Waals surface area (Å²) in [6.45, 7) is 8.01. The number of hydrogen-bond donors (Lipinski definition) is 1. The maximum absolute atomic E-state index is 12.1. The number of nitrogens with zero attached hydrogens (tertiary/aromatic N) is 1. The van der Waals surface area contributed by atoms with Gasteiger partial charge in [0.1, 0.15) is 6.04 Å². The summed E-state index contributed by atoms with van der Waals surface area (Å²) >= 11 is 0. The number of carbonyl (C=O) groups excluding carboxylic acids is 2. The minimum absolute atomic E-state index is 0.0114. The molecule has 1 rings (SSSR count). The van der Waals surface area contributed by atoms with Gasteiger partial charge in [-0.25, -0.2) is 0 Å². The van der Waals surface area contributed by atoms with Gasteiger partial charge in [-0.1, -0.05) is 37.3 Å². The van der Waals surface area contributed by atoms with Gasteiger partial charge in [0.2, 0.25) is 11.8 Å². The topological polar surface area (TPSA) is 49.4 Å². The maximum Gasteiger partial charge on any atom is 0.242 e. The van der Waals surface area contributed by atoms with E-state index < -0.39 is 6.04 Å². The second-order valence-corrected chi connectivity index (χ2v) is 5.52. The third kappa shape index (κ3) is 5.58. The molecule has 2 amide bonds. The van der Waals surface area contributed by atoms with Crippen molar-refractivity contribution >= 4 is 11.8 Å². The van der Waals surface area contributed by atoms with Crippen molar-refractivity contribution in [3.05, 3.63) is 35.9 Å². The van der Waals surface area contributed by atoms with Gasteiger partial charge < -0.3 is 10.2 Å². The van der Waals surface area contributed by atoms with E-state index in [1.165, 1.54) is 5.56 Å². The van der Waals surface area contributed by atoms with Gasteiger partial charge in [-0.3, -0.25) is 9.59 Å². The minimum atomic E-state index is -0.441. The van der Waals surface area contributed by atoms with Crippen LogP contribution in [0, 0.1) is 0 Å². The van der Waals surface area contributed by atoms with E-state index in [9.17, 15) is 9.59 Å². The summed E-state index contributed by atoms with van der Waals surface area (Å²) in [5.41, 5.74) is 1.17.